The Morgan fingerprint density at radius 1 is 0.793 bits per heavy atom. The van der Waals surface area contributed by atoms with Crippen LogP contribution in [0.5, 0.6) is 0 Å². The van der Waals surface area contributed by atoms with Crippen LogP contribution in [0.15, 0.2) is 42.0 Å². The molecule has 1 aromatic rings. The summed E-state index contributed by atoms with van der Waals surface area (Å²) in [5, 5.41) is 1.68. The molecular formula is C28H46Si. The minimum atomic E-state index is -1.60. The summed E-state index contributed by atoms with van der Waals surface area (Å²) < 4.78 is 0. The van der Waals surface area contributed by atoms with E-state index in [-0.39, 0.29) is 0 Å². The average Bonchev–Trinajstić information content (AvgIpc) is 3.20. The lowest BCUT2D eigenvalue weighted by Gasteiger charge is -2.33. The van der Waals surface area contributed by atoms with Crippen molar-refractivity contribution in [2.75, 3.05) is 0 Å². The summed E-state index contributed by atoms with van der Waals surface area (Å²) in [6.07, 6.45) is 20.5. The van der Waals surface area contributed by atoms with Crippen molar-refractivity contribution in [3.05, 3.63) is 53.1 Å². The minimum Gasteiger partial charge on any atom is -0.0797 e. The first-order valence-corrected chi connectivity index (χ1v) is 15.5. The maximum atomic E-state index is 2.60. The SMILES string of the molecule is CCCCCCc1cc(CCCCCC)cc([Si](C)(C)C2C=CC=C2C(C)C)c1. The smallest absolute Gasteiger partial charge is 0.0797 e. The van der Waals surface area contributed by atoms with Crippen LogP contribution in [0, 0.1) is 5.92 Å². The Labute approximate surface area is 182 Å². The lowest BCUT2D eigenvalue weighted by molar-refractivity contribution is 0.661. The molecule has 0 saturated carbocycles. The van der Waals surface area contributed by atoms with Gasteiger partial charge in [0.2, 0.25) is 0 Å². The predicted octanol–water partition coefficient (Wildman–Crippen LogP) is 8.37. The summed E-state index contributed by atoms with van der Waals surface area (Å²) in [7, 11) is -1.60. The zero-order valence-corrected chi connectivity index (χ0v) is 21.2. The second-order valence-corrected chi connectivity index (χ2v) is 14.7. The van der Waals surface area contributed by atoms with E-state index in [1.165, 1.54) is 64.2 Å². The summed E-state index contributed by atoms with van der Waals surface area (Å²) in [5.74, 6) is 0.646. The van der Waals surface area contributed by atoms with E-state index < -0.39 is 8.07 Å². The summed E-state index contributed by atoms with van der Waals surface area (Å²) in [4.78, 5) is 0. The van der Waals surface area contributed by atoms with Crippen LogP contribution in [0.25, 0.3) is 0 Å². The molecule has 1 aromatic carbocycles. The van der Waals surface area contributed by atoms with Gasteiger partial charge in [-0.3, -0.25) is 0 Å². The number of benzene rings is 1. The van der Waals surface area contributed by atoms with Crippen LogP contribution in [0.3, 0.4) is 0 Å². The van der Waals surface area contributed by atoms with Gasteiger partial charge in [0.05, 0.1) is 8.07 Å². The van der Waals surface area contributed by atoms with Gasteiger partial charge < -0.3 is 0 Å². The van der Waals surface area contributed by atoms with Gasteiger partial charge in [0.1, 0.15) is 0 Å². The molecule has 29 heavy (non-hydrogen) atoms. The normalized spacial score (nSPS) is 16.7. The van der Waals surface area contributed by atoms with Crippen molar-refractivity contribution >= 4 is 13.3 Å². The van der Waals surface area contributed by atoms with Crippen LogP contribution in [-0.4, -0.2) is 8.07 Å². The van der Waals surface area contributed by atoms with Crippen molar-refractivity contribution in [2.24, 2.45) is 5.92 Å². The second-order valence-electron chi connectivity index (χ2n) is 10.1. The Morgan fingerprint density at radius 3 is 1.83 bits per heavy atom. The van der Waals surface area contributed by atoms with E-state index in [9.17, 15) is 0 Å². The Morgan fingerprint density at radius 2 is 1.34 bits per heavy atom. The molecule has 0 aliphatic heterocycles. The van der Waals surface area contributed by atoms with Crippen LogP contribution < -0.4 is 5.19 Å². The Kier molecular flexibility index (Phi) is 9.96. The van der Waals surface area contributed by atoms with Crippen molar-refractivity contribution in [1.29, 1.82) is 0 Å². The molecule has 0 amide bonds. The van der Waals surface area contributed by atoms with E-state index in [1.807, 2.05) is 0 Å². The van der Waals surface area contributed by atoms with Gasteiger partial charge in [0.15, 0.2) is 0 Å². The van der Waals surface area contributed by atoms with Crippen molar-refractivity contribution in [3.63, 3.8) is 0 Å². The molecule has 0 radical (unpaired) electrons. The Hall–Kier alpha value is -1.08. The highest BCUT2D eigenvalue weighted by Gasteiger charge is 2.36. The molecule has 0 heterocycles. The number of rotatable bonds is 13. The average molecular weight is 411 g/mol. The number of aryl methyl sites for hydroxylation is 2. The summed E-state index contributed by atoms with van der Waals surface area (Å²) in [5.41, 5.74) is 5.51. The standard InChI is InChI=1S/C28H46Si/c1-7-9-11-13-16-24-20-25(17-14-12-10-8-2)22-26(21-24)29(5,6)28-19-15-18-27(28)23(3)4/h15,18-23,28H,7-14,16-17H2,1-6H3. The third kappa shape index (κ3) is 6.98. The van der Waals surface area contributed by atoms with Crippen molar-refractivity contribution in [1.82, 2.24) is 0 Å². The van der Waals surface area contributed by atoms with E-state index in [0.717, 1.165) is 0 Å². The second kappa shape index (κ2) is 11.9. The molecule has 1 atom stereocenters. The monoisotopic (exact) mass is 410 g/mol. The number of unbranched alkanes of at least 4 members (excludes halogenated alkanes) is 6. The first-order valence-electron chi connectivity index (χ1n) is 12.4. The van der Waals surface area contributed by atoms with Gasteiger partial charge in [-0.2, -0.15) is 0 Å². The molecule has 0 aromatic heterocycles. The van der Waals surface area contributed by atoms with E-state index in [2.05, 4.69) is 77.2 Å². The molecule has 1 aliphatic rings. The first-order chi connectivity index (χ1) is 13.9. The zero-order chi connectivity index (χ0) is 21.3. The molecule has 0 fully saturated rings. The largest absolute Gasteiger partial charge is 0.0915 e. The van der Waals surface area contributed by atoms with E-state index in [1.54, 1.807) is 21.9 Å². The number of allylic oxidation sites excluding steroid dienone is 4. The fourth-order valence-corrected chi connectivity index (χ4v) is 8.15. The van der Waals surface area contributed by atoms with Crippen LogP contribution >= 0.6 is 0 Å². The lowest BCUT2D eigenvalue weighted by Crippen LogP contribution is -2.46. The molecule has 0 bridgehead atoms. The highest BCUT2D eigenvalue weighted by molar-refractivity contribution is 6.92. The van der Waals surface area contributed by atoms with Gasteiger partial charge >= 0.3 is 0 Å². The minimum absolute atomic E-state index is 0.646. The summed E-state index contributed by atoms with van der Waals surface area (Å²) in [6.45, 7) is 14.5. The van der Waals surface area contributed by atoms with Gasteiger partial charge in [0.25, 0.3) is 0 Å². The molecule has 162 valence electrons. The predicted molar refractivity (Wildman–Crippen MR) is 135 cm³/mol. The lowest BCUT2D eigenvalue weighted by atomic mass is 10.0. The maximum Gasteiger partial charge on any atom is 0.0915 e. The zero-order valence-electron chi connectivity index (χ0n) is 20.2. The van der Waals surface area contributed by atoms with E-state index >= 15 is 0 Å². The van der Waals surface area contributed by atoms with Crippen LogP contribution in [-0.2, 0) is 12.8 Å². The molecule has 0 nitrogen and oxygen atoms in total. The third-order valence-electron chi connectivity index (χ3n) is 6.83. The summed E-state index contributed by atoms with van der Waals surface area (Å²) in [6, 6.07) is 7.73. The highest BCUT2D eigenvalue weighted by atomic mass is 28.3. The third-order valence-corrected chi connectivity index (χ3v) is 10.7. The molecule has 1 aliphatic carbocycles. The Balaban J connectivity index is 2.25. The molecule has 1 unspecified atom stereocenters. The van der Waals surface area contributed by atoms with Crippen molar-refractivity contribution < 1.29 is 0 Å². The molecular weight excluding hydrogens is 364 g/mol. The van der Waals surface area contributed by atoms with Crippen LogP contribution in [0.2, 0.25) is 18.6 Å². The maximum absolute atomic E-state index is 2.60. The molecule has 0 spiro atoms. The van der Waals surface area contributed by atoms with Gasteiger partial charge in [-0.25, -0.2) is 0 Å². The number of hydrogen-bond donors (Lipinski definition) is 0. The highest BCUT2D eigenvalue weighted by Crippen LogP contribution is 2.39. The fourth-order valence-electron chi connectivity index (χ4n) is 4.82. The Bertz CT molecular complexity index is 647. The van der Waals surface area contributed by atoms with Crippen molar-refractivity contribution in [3.8, 4) is 0 Å². The van der Waals surface area contributed by atoms with Gasteiger partial charge in [-0.05, 0) is 48.3 Å². The fraction of sp³-hybridized carbons (Fsp3) is 0.643. The molecule has 0 N–H and O–H groups in total. The van der Waals surface area contributed by atoms with Crippen LogP contribution in [0.4, 0.5) is 0 Å². The van der Waals surface area contributed by atoms with Gasteiger partial charge in [0, 0.05) is 0 Å². The quantitative estimate of drug-likeness (QED) is 0.226. The van der Waals surface area contributed by atoms with Gasteiger partial charge in [-0.15, -0.1) is 0 Å². The first kappa shape index (κ1) is 24.2. The molecule has 0 saturated heterocycles. The van der Waals surface area contributed by atoms with E-state index in [0.29, 0.717) is 11.5 Å². The topological polar surface area (TPSA) is 0 Å². The van der Waals surface area contributed by atoms with Crippen molar-refractivity contribution in [2.45, 2.75) is 111 Å². The van der Waals surface area contributed by atoms with Gasteiger partial charge in [-0.1, -0.05) is 127 Å². The number of hydrogen-bond acceptors (Lipinski definition) is 0. The van der Waals surface area contributed by atoms with E-state index in [4.69, 9.17) is 0 Å². The van der Waals surface area contributed by atoms with Crippen LogP contribution in [0.1, 0.15) is 90.2 Å². The molecule has 2 rings (SSSR count). The molecule has 1 heteroatoms. The summed E-state index contributed by atoms with van der Waals surface area (Å²) >= 11 is 0.